The van der Waals surface area contributed by atoms with E-state index in [2.05, 4.69) is 18.2 Å². The monoisotopic (exact) mass is 217 g/mol. The van der Waals surface area contributed by atoms with E-state index in [0.717, 1.165) is 25.1 Å². The van der Waals surface area contributed by atoms with Crippen LogP contribution in [0.25, 0.3) is 0 Å². The molecule has 0 aliphatic heterocycles. The molecule has 0 N–H and O–H groups in total. The van der Waals surface area contributed by atoms with Crippen molar-refractivity contribution in [3.63, 3.8) is 0 Å². The fourth-order valence-electron chi connectivity index (χ4n) is 2.51. The van der Waals surface area contributed by atoms with Crippen LogP contribution in [0.4, 0.5) is 5.69 Å². The molecule has 1 aromatic carbocycles. The van der Waals surface area contributed by atoms with E-state index in [0.29, 0.717) is 0 Å². The molecule has 86 valence electrons. The summed E-state index contributed by atoms with van der Waals surface area (Å²) >= 11 is 0. The number of fused-ring (bicyclic) bond motifs is 1. The Balaban J connectivity index is 2.41. The number of rotatable bonds is 3. The molecule has 0 unspecified atom stereocenters. The minimum Gasteiger partial charge on any atom is -0.315 e. The molecule has 0 saturated heterocycles. The number of hydrogen-bond donors (Lipinski definition) is 0. The maximum Gasteiger partial charge on any atom is 0.214 e. The summed E-state index contributed by atoms with van der Waals surface area (Å²) in [6, 6.07) is 6.36. The maximum atomic E-state index is 11.0. The molecule has 2 heteroatoms. The van der Waals surface area contributed by atoms with Crippen molar-refractivity contribution in [2.24, 2.45) is 0 Å². The number of hydrogen-bond acceptors (Lipinski definition) is 1. The van der Waals surface area contributed by atoms with Crippen LogP contribution in [0.1, 0.15) is 37.3 Å². The fourth-order valence-corrected chi connectivity index (χ4v) is 2.51. The van der Waals surface area contributed by atoms with E-state index in [4.69, 9.17) is 0 Å². The second kappa shape index (κ2) is 5.15. The van der Waals surface area contributed by atoms with Gasteiger partial charge in [0.25, 0.3) is 0 Å². The normalized spacial score (nSPS) is 15.1. The highest BCUT2D eigenvalue weighted by molar-refractivity contribution is 5.77. The summed E-state index contributed by atoms with van der Waals surface area (Å²) < 4.78 is 0. The van der Waals surface area contributed by atoms with E-state index in [1.54, 1.807) is 0 Å². The molecule has 1 aliphatic rings. The molecule has 1 aliphatic carbocycles. The van der Waals surface area contributed by atoms with Crippen LogP contribution < -0.4 is 4.90 Å². The number of benzene rings is 1. The molecular formula is C14H19NO. The molecule has 0 radical (unpaired) electrons. The molecule has 0 aromatic heterocycles. The van der Waals surface area contributed by atoms with Crippen LogP contribution in [0, 0.1) is 0 Å². The van der Waals surface area contributed by atoms with Crippen molar-refractivity contribution in [1.29, 1.82) is 0 Å². The number of anilines is 1. The minimum atomic E-state index is 0.750. The molecule has 1 amide bonds. The number of aryl methyl sites for hydroxylation is 1. The third kappa shape index (κ3) is 2.11. The molecule has 0 fully saturated rings. The van der Waals surface area contributed by atoms with E-state index in [9.17, 15) is 4.79 Å². The van der Waals surface area contributed by atoms with E-state index in [-0.39, 0.29) is 0 Å². The van der Waals surface area contributed by atoms with E-state index in [1.807, 2.05) is 11.8 Å². The number of nitrogens with zero attached hydrogens (tertiary/aromatic N) is 1. The molecule has 0 saturated carbocycles. The lowest BCUT2D eigenvalue weighted by molar-refractivity contribution is -0.107. The van der Waals surface area contributed by atoms with Crippen LogP contribution in [-0.4, -0.2) is 13.0 Å². The quantitative estimate of drug-likeness (QED) is 0.563. The van der Waals surface area contributed by atoms with Gasteiger partial charge in [0.1, 0.15) is 0 Å². The minimum absolute atomic E-state index is 0.750. The summed E-state index contributed by atoms with van der Waals surface area (Å²) in [5.41, 5.74) is 3.96. The van der Waals surface area contributed by atoms with Gasteiger partial charge in [-0.2, -0.15) is 0 Å². The van der Waals surface area contributed by atoms with Gasteiger partial charge in [-0.1, -0.05) is 18.6 Å². The Morgan fingerprint density at radius 3 is 2.81 bits per heavy atom. The van der Waals surface area contributed by atoms with Gasteiger partial charge in [-0.3, -0.25) is 4.79 Å². The van der Waals surface area contributed by atoms with Gasteiger partial charge in [0.15, 0.2) is 0 Å². The highest BCUT2D eigenvalue weighted by atomic mass is 16.1. The van der Waals surface area contributed by atoms with Gasteiger partial charge in [0, 0.05) is 12.2 Å². The van der Waals surface area contributed by atoms with E-state index in [1.165, 1.54) is 36.8 Å². The molecule has 0 spiro atoms. The van der Waals surface area contributed by atoms with Crippen molar-refractivity contribution in [2.75, 3.05) is 11.4 Å². The molecule has 0 atom stereocenters. The highest BCUT2D eigenvalue weighted by Gasteiger charge is 2.14. The summed E-state index contributed by atoms with van der Waals surface area (Å²) in [4.78, 5) is 12.8. The van der Waals surface area contributed by atoms with Gasteiger partial charge in [-0.05, 0) is 49.8 Å². The van der Waals surface area contributed by atoms with E-state index < -0.39 is 0 Å². The van der Waals surface area contributed by atoms with Crippen LogP contribution in [0.5, 0.6) is 0 Å². The van der Waals surface area contributed by atoms with Crippen LogP contribution in [0.15, 0.2) is 18.2 Å². The average molecular weight is 217 g/mol. The Morgan fingerprint density at radius 2 is 2.06 bits per heavy atom. The fraction of sp³-hybridized carbons (Fsp3) is 0.500. The first-order chi connectivity index (χ1) is 7.86. The van der Waals surface area contributed by atoms with Gasteiger partial charge in [-0.25, -0.2) is 0 Å². The van der Waals surface area contributed by atoms with Crippen molar-refractivity contribution in [3.8, 4) is 0 Å². The largest absolute Gasteiger partial charge is 0.315 e. The zero-order valence-corrected chi connectivity index (χ0v) is 9.91. The van der Waals surface area contributed by atoms with Crippen molar-refractivity contribution in [3.05, 3.63) is 29.3 Å². The zero-order chi connectivity index (χ0) is 11.4. The first kappa shape index (κ1) is 11.2. The highest BCUT2D eigenvalue weighted by Crippen LogP contribution is 2.29. The number of amides is 1. The lowest BCUT2D eigenvalue weighted by Gasteiger charge is -2.20. The summed E-state index contributed by atoms with van der Waals surface area (Å²) in [6.07, 6.45) is 7.07. The van der Waals surface area contributed by atoms with Crippen LogP contribution in [0.2, 0.25) is 0 Å². The third-order valence-corrected chi connectivity index (χ3v) is 3.40. The van der Waals surface area contributed by atoms with Crippen LogP contribution >= 0.6 is 0 Å². The summed E-state index contributed by atoms with van der Waals surface area (Å²) in [5.74, 6) is 0. The second-order valence-corrected chi connectivity index (χ2v) is 4.37. The Bertz CT molecular complexity index is 373. The lowest BCUT2D eigenvalue weighted by Crippen LogP contribution is -2.22. The summed E-state index contributed by atoms with van der Waals surface area (Å²) in [5, 5.41) is 0. The molecule has 2 nitrogen and oxygen atoms in total. The first-order valence-corrected chi connectivity index (χ1v) is 6.19. The third-order valence-electron chi connectivity index (χ3n) is 3.40. The standard InChI is InChI=1S/C14H19NO/c1-2-15(11-16)14-10-6-8-12-7-4-3-5-9-13(12)14/h6,8,10-11H,2-5,7,9H2,1H3. The topological polar surface area (TPSA) is 20.3 Å². The smallest absolute Gasteiger partial charge is 0.214 e. The predicted octanol–water partition coefficient (Wildman–Crippen LogP) is 2.94. The van der Waals surface area contributed by atoms with Gasteiger partial charge < -0.3 is 4.90 Å². The van der Waals surface area contributed by atoms with Gasteiger partial charge in [0.05, 0.1) is 0 Å². The van der Waals surface area contributed by atoms with Crippen LogP contribution in [-0.2, 0) is 17.6 Å². The Morgan fingerprint density at radius 1 is 1.25 bits per heavy atom. The maximum absolute atomic E-state index is 11.0. The lowest BCUT2D eigenvalue weighted by atomic mass is 10.0. The Hall–Kier alpha value is -1.31. The number of carbonyl (C=O) groups excluding carboxylic acids is 1. The molecule has 16 heavy (non-hydrogen) atoms. The molecule has 0 heterocycles. The predicted molar refractivity (Wildman–Crippen MR) is 66.8 cm³/mol. The average Bonchev–Trinajstić information content (AvgIpc) is 2.56. The van der Waals surface area contributed by atoms with E-state index >= 15 is 0 Å². The second-order valence-electron chi connectivity index (χ2n) is 4.37. The van der Waals surface area contributed by atoms with Gasteiger partial charge in [0.2, 0.25) is 6.41 Å². The number of carbonyl (C=O) groups is 1. The van der Waals surface area contributed by atoms with Crippen molar-refractivity contribution >= 4 is 12.1 Å². The SMILES string of the molecule is CCN(C=O)c1cccc2c1CCCCC2. The first-order valence-electron chi connectivity index (χ1n) is 6.19. The Kier molecular flexibility index (Phi) is 3.60. The summed E-state index contributed by atoms with van der Waals surface area (Å²) in [6.45, 7) is 2.77. The van der Waals surface area contributed by atoms with Crippen LogP contribution in [0.3, 0.4) is 0 Å². The zero-order valence-electron chi connectivity index (χ0n) is 9.91. The van der Waals surface area contributed by atoms with Crippen molar-refractivity contribution in [1.82, 2.24) is 0 Å². The Labute approximate surface area is 97.3 Å². The van der Waals surface area contributed by atoms with Crippen molar-refractivity contribution < 1.29 is 4.79 Å². The molecule has 0 bridgehead atoms. The van der Waals surface area contributed by atoms with Crippen molar-refractivity contribution in [2.45, 2.75) is 39.0 Å². The molecule has 2 rings (SSSR count). The van der Waals surface area contributed by atoms with Gasteiger partial charge >= 0.3 is 0 Å². The summed E-state index contributed by atoms with van der Waals surface area (Å²) in [7, 11) is 0. The van der Waals surface area contributed by atoms with Gasteiger partial charge in [-0.15, -0.1) is 0 Å². The molecule has 1 aromatic rings. The molecular weight excluding hydrogens is 198 g/mol.